The highest BCUT2D eigenvalue weighted by molar-refractivity contribution is 7.25. The summed E-state index contributed by atoms with van der Waals surface area (Å²) in [5, 5.41) is 4.76. The number of fused-ring (bicyclic) bond motifs is 6. The van der Waals surface area contributed by atoms with Crippen molar-refractivity contribution < 1.29 is 4.42 Å². The first kappa shape index (κ1) is 32.2. The minimum absolute atomic E-state index is 0.622. The molecule has 0 spiro atoms. The van der Waals surface area contributed by atoms with E-state index < -0.39 is 0 Å². The Balaban J connectivity index is 1.01. The number of hydrogen-bond donors (Lipinski definition) is 0. The number of furan rings is 1. The zero-order chi connectivity index (χ0) is 37.0. The summed E-state index contributed by atoms with van der Waals surface area (Å²) >= 11 is 1.85. The normalized spacial score (nSPS) is 11.6. The predicted octanol–water partition coefficient (Wildman–Crippen LogP) is 14.1. The molecule has 0 bridgehead atoms. The van der Waals surface area contributed by atoms with Crippen LogP contribution in [-0.2, 0) is 0 Å². The Kier molecular flexibility index (Phi) is 7.64. The molecule has 0 saturated heterocycles. The fourth-order valence-electron chi connectivity index (χ4n) is 7.85. The Morgan fingerprint density at radius 2 is 0.857 bits per heavy atom. The van der Waals surface area contributed by atoms with Crippen LogP contribution >= 0.6 is 11.3 Å². The van der Waals surface area contributed by atoms with Gasteiger partial charge in [0.25, 0.3) is 0 Å². The lowest BCUT2D eigenvalue weighted by atomic mass is 9.95. The molecule has 262 valence electrons. The first-order valence-corrected chi connectivity index (χ1v) is 19.5. The van der Waals surface area contributed by atoms with Gasteiger partial charge in [-0.05, 0) is 64.2 Å². The Labute approximate surface area is 327 Å². The van der Waals surface area contributed by atoms with E-state index in [0.29, 0.717) is 17.5 Å². The molecule has 0 fully saturated rings. The van der Waals surface area contributed by atoms with E-state index in [2.05, 4.69) is 127 Å². The Hall–Kier alpha value is -7.21. The number of thiophene rings is 1. The number of para-hydroxylation sites is 1. The van der Waals surface area contributed by atoms with Crippen LogP contribution in [0.4, 0.5) is 0 Å². The van der Waals surface area contributed by atoms with Gasteiger partial charge in [-0.1, -0.05) is 152 Å². The van der Waals surface area contributed by atoms with Crippen LogP contribution in [0.3, 0.4) is 0 Å². The van der Waals surface area contributed by atoms with Crippen molar-refractivity contribution in [3.63, 3.8) is 0 Å². The molecule has 3 heterocycles. The number of rotatable bonds is 6. The van der Waals surface area contributed by atoms with Crippen molar-refractivity contribution in [1.29, 1.82) is 0 Å². The molecule has 11 rings (SSSR count). The number of benzene rings is 8. The molecule has 0 radical (unpaired) electrons. The molecular formula is C51H31N3OS. The van der Waals surface area contributed by atoms with Gasteiger partial charge in [-0.25, -0.2) is 15.0 Å². The molecule has 0 N–H and O–H groups in total. The summed E-state index contributed by atoms with van der Waals surface area (Å²) in [5.41, 5.74) is 11.2. The van der Waals surface area contributed by atoms with Crippen LogP contribution < -0.4 is 0 Å². The average Bonchev–Trinajstić information content (AvgIpc) is 3.85. The molecule has 0 saturated carbocycles. The summed E-state index contributed by atoms with van der Waals surface area (Å²) in [6.45, 7) is 0. The largest absolute Gasteiger partial charge is 0.455 e. The van der Waals surface area contributed by atoms with Crippen LogP contribution in [-0.4, -0.2) is 15.0 Å². The lowest BCUT2D eigenvalue weighted by molar-refractivity contribution is 0.670. The highest BCUT2D eigenvalue weighted by Crippen LogP contribution is 2.42. The maximum absolute atomic E-state index is 6.75. The maximum atomic E-state index is 6.75. The van der Waals surface area contributed by atoms with Gasteiger partial charge in [0, 0.05) is 53.2 Å². The fraction of sp³-hybridized carbons (Fsp3) is 0. The first-order chi connectivity index (χ1) is 27.7. The van der Waals surface area contributed by atoms with Gasteiger partial charge in [-0.15, -0.1) is 11.3 Å². The second kappa shape index (κ2) is 13.3. The zero-order valence-corrected chi connectivity index (χ0v) is 30.9. The Bertz CT molecular complexity index is 3200. The third kappa shape index (κ3) is 5.56. The van der Waals surface area contributed by atoms with Crippen LogP contribution in [0.1, 0.15) is 0 Å². The van der Waals surface area contributed by atoms with Gasteiger partial charge in [-0.3, -0.25) is 0 Å². The maximum Gasteiger partial charge on any atom is 0.164 e. The van der Waals surface area contributed by atoms with Crippen molar-refractivity contribution in [2.75, 3.05) is 0 Å². The summed E-state index contributed by atoms with van der Waals surface area (Å²) in [4.78, 5) is 14.9. The SMILES string of the molecule is c1ccc(-c2nc(-c3ccccc3)nc(-c3cccc(-c4cccc5oc6c(-c7cccc(-c8ccc9sc%10ccccc%10c9c8)c7)cccc6c45)c3)n2)cc1. The molecule has 11 aromatic rings. The van der Waals surface area contributed by atoms with Crippen molar-refractivity contribution in [3.8, 4) is 67.5 Å². The summed E-state index contributed by atoms with van der Waals surface area (Å²) < 4.78 is 9.38. The van der Waals surface area contributed by atoms with E-state index in [0.717, 1.165) is 60.9 Å². The molecule has 0 unspecified atom stereocenters. The van der Waals surface area contributed by atoms with Crippen molar-refractivity contribution >= 4 is 53.4 Å². The molecule has 4 nitrogen and oxygen atoms in total. The van der Waals surface area contributed by atoms with E-state index in [4.69, 9.17) is 19.4 Å². The second-order valence-electron chi connectivity index (χ2n) is 14.0. The Morgan fingerprint density at radius 1 is 0.339 bits per heavy atom. The summed E-state index contributed by atoms with van der Waals surface area (Å²) in [6.07, 6.45) is 0. The van der Waals surface area contributed by atoms with Crippen molar-refractivity contribution in [2.24, 2.45) is 0 Å². The lowest BCUT2D eigenvalue weighted by Gasteiger charge is -2.10. The van der Waals surface area contributed by atoms with Crippen molar-refractivity contribution in [3.05, 3.63) is 188 Å². The second-order valence-corrected chi connectivity index (χ2v) is 15.1. The molecule has 0 atom stereocenters. The minimum Gasteiger partial charge on any atom is -0.455 e. The fourth-order valence-corrected chi connectivity index (χ4v) is 8.94. The molecule has 3 aromatic heterocycles. The highest BCUT2D eigenvalue weighted by atomic mass is 32.1. The third-order valence-electron chi connectivity index (χ3n) is 10.5. The smallest absolute Gasteiger partial charge is 0.164 e. The number of hydrogen-bond acceptors (Lipinski definition) is 5. The van der Waals surface area contributed by atoms with Gasteiger partial charge in [0.2, 0.25) is 0 Å². The molecule has 5 heteroatoms. The zero-order valence-electron chi connectivity index (χ0n) is 30.1. The van der Waals surface area contributed by atoms with Gasteiger partial charge in [0.1, 0.15) is 11.2 Å². The van der Waals surface area contributed by atoms with Crippen LogP contribution in [0.15, 0.2) is 192 Å². The summed E-state index contributed by atoms with van der Waals surface area (Å²) in [7, 11) is 0. The molecule has 0 amide bonds. The number of nitrogens with zero attached hydrogens (tertiary/aromatic N) is 3. The van der Waals surface area contributed by atoms with Crippen molar-refractivity contribution in [2.45, 2.75) is 0 Å². The predicted molar refractivity (Wildman–Crippen MR) is 233 cm³/mol. The van der Waals surface area contributed by atoms with Crippen molar-refractivity contribution in [1.82, 2.24) is 15.0 Å². The van der Waals surface area contributed by atoms with Gasteiger partial charge in [0.05, 0.1) is 0 Å². The summed E-state index contributed by atoms with van der Waals surface area (Å²) in [5.74, 6) is 1.90. The average molecular weight is 734 g/mol. The molecule has 8 aromatic carbocycles. The third-order valence-corrected chi connectivity index (χ3v) is 11.7. The standard InChI is InChI=1S/C51H31N3OS/c1-3-13-32(14-4-1)49-52-50(33-15-5-2-6-16-33)54-51(53-49)38-20-10-18-36(30-38)39-22-12-25-44-47(39)42-24-11-23-40(48(42)55-44)37-19-9-17-34(29-37)35-27-28-46-43(31-35)41-21-7-8-26-45(41)56-46/h1-31H. The van der Waals surface area contributed by atoms with Crippen LogP contribution in [0.5, 0.6) is 0 Å². The van der Waals surface area contributed by atoms with Gasteiger partial charge in [-0.2, -0.15) is 0 Å². The summed E-state index contributed by atoms with van der Waals surface area (Å²) in [6, 6.07) is 65.7. The molecule has 56 heavy (non-hydrogen) atoms. The molecule has 0 aliphatic carbocycles. The number of aromatic nitrogens is 3. The Morgan fingerprint density at radius 3 is 1.62 bits per heavy atom. The van der Waals surface area contributed by atoms with E-state index in [1.54, 1.807) is 0 Å². The topological polar surface area (TPSA) is 51.8 Å². The van der Waals surface area contributed by atoms with Gasteiger partial charge in [0.15, 0.2) is 17.5 Å². The molecule has 0 aliphatic rings. The quantitative estimate of drug-likeness (QED) is 0.171. The van der Waals surface area contributed by atoms with Crippen LogP contribution in [0.2, 0.25) is 0 Å². The minimum atomic E-state index is 0.622. The van der Waals surface area contributed by atoms with Gasteiger partial charge >= 0.3 is 0 Å². The first-order valence-electron chi connectivity index (χ1n) is 18.7. The molecule has 0 aliphatic heterocycles. The molecular weight excluding hydrogens is 703 g/mol. The van der Waals surface area contributed by atoms with E-state index in [9.17, 15) is 0 Å². The monoisotopic (exact) mass is 733 g/mol. The van der Waals surface area contributed by atoms with E-state index >= 15 is 0 Å². The van der Waals surface area contributed by atoms with E-state index in [-0.39, 0.29) is 0 Å². The lowest BCUT2D eigenvalue weighted by Crippen LogP contribution is -2.00. The van der Waals surface area contributed by atoms with E-state index in [1.165, 1.54) is 31.3 Å². The van der Waals surface area contributed by atoms with Crippen LogP contribution in [0, 0.1) is 0 Å². The van der Waals surface area contributed by atoms with E-state index in [1.807, 2.05) is 72.0 Å². The van der Waals surface area contributed by atoms with Crippen LogP contribution in [0.25, 0.3) is 110 Å². The highest BCUT2D eigenvalue weighted by Gasteiger charge is 2.18. The van der Waals surface area contributed by atoms with Gasteiger partial charge < -0.3 is 4.42 Å².